The maximum atomic E-state index is 10.5. The van der Waals surface area contributed by atoms with Gasteiger partial charge in [-0.05, 0) is 0 Å². The van der Waals surface area contributed by atoms with Crippen LogP contribution in [0.5, 0.6) is 0 Å². The Balaban J connectivity index is 2.67. The molecule has 7 N–H and O–H groups in total. The summed E-state index contributed by atoms with van der Waals surface area (Å²) in [7, 11) is -9.82. The molecule has 0 amide bonds. The molecule has 1 fully saturated rings. The third-order valence-electron chi connectivity index (χ3n) is 2.37. The topological polar surface area (TPSA) is 203 Å². The zero-order chi connectivity index (χ0) is 15.8. The summed E-state index contributed by atoms with van der Waals surface area (Å²) in [4.78, 5) is 33.9. The quantitative estimate of drug-likeness (QED) is 0.242. The fourth-order valence-corrected chi connectivity index (χ4v) is 2.17. The molecule has 0 aromatic rings. The van der Waals surface area contributed by atoms with E-state index in [9.17, 15) is 24.4 Å². The van der Waals surface area contributed by atoms with Crippen molar-refractivity contribution < 1.29 is 57.8 Å². The number of rotatable bonds is 6. The third-order valence-corrected chi connectivity index (χ3v) is 3.32. The Morgan fingerprint density at radius 1 is 1.05 bits per heavy atom. The van der Waals surface area contributed by atoms with Gasteiger partial charge in [0, 0.05) is 0 Å². The first kappa shape index (κ1) is 18.1. The highest BCUT2D eigenvalue weighted by atomic mass is 31.2. The van der Waals surface area contributed by atoms with E-state index < -0.39 is 53.0 Å². The number of aliphatic hydroxyl groups excluding tert-OH is 2. The van der Waals surface area contributed by atoms with Crippen molar-refractivity contribution in [1.82, 2.24) is 0 Å². The van der Waals surface area contributed by atoms with Crippen LogP contribution in [0.15, 0.2) is 0 Å². The average molecular weight is 340 g/mol. The monoisotopic (exact) mass is 340 g/mol. The van der Waals surface area contributed by atoms with Gasteiger partial charge in [-0.1, -0.05) is 0 Å². The van der Waals surface area contributed by atoms with Gasteiger partial charge in [-0.2, -0.15) is 0 Å². The van der Waals surface area contributed by atoms with E-state index in [4.69, 9.17) is 19.6 Å². The second-order valence-electron chi connectivity index (χ2n) is 3.99. The van der Waals surface area contributed by atoms with Gasteiger partial charge in [0.25, 0.3) is 0 Å². The van der Waals surface area contributed by atoms with Crippen LogP contribution in [-0.4, -0.2) is 72.2 Å². The average Bonchev–Trinajstić information content (AvgIpc) is 2.48. The van der Waals surface area contributed by atoms with Gasteiger partial charge in [0.2, 0.25) is 5.79 Å². The molecule has 0 spiro atoms. The van der Waals surface area contributed by atoms with Crippen molar-refractivity contribution in [2.75, 3.05) is 13.2 Å². The fraction of sp³-hybridized carbons (Fsp3) is 1.00. The predicted octanol–water partition coefficient (Wildman–Crippen LogP) is -2.99. The van der Waals surface area contributed by atoms with E-state index in [0.717, 1.165) is 0 Å². The maximum absolute atomic E-state index is 10.5. The second kappa shape index (κ2) is 6.05. The van der Waals surface area contributed by atoms with Crippen LogP contribution < -0.4 is 0 Å². The lowest BCUT2D eigenvalue weighted by atomic mass is 10.1. The van der Waals surface area contributed by atoms with Crippen LogP contribution in [0.25, 0.3) is 0 Å². The first-order valence-electron chi connectivity index (χ1n) is 5.00. The molecule has 1 aliphatic rings. The normalized spacial score (nSPS) is 35.5. The number of ether oxygens (including phenoxy) is 1. The van der Waals surface area contributed by atoms with E-state index in [1.807, 2.05) is 0 Å². The summed E-state index contributed by atoms with van der Waals surface area (Å²) in [6.07, 6.45) is -5.38. The van der Waals surface area contributed by atoms with Gasteiger partial charge in [0.05, 0.1) is 6.61 Å². The Morgan fingerprint density at radius 2 is 1.55 bits per heavy atom. The molecule has 1 saturated heterocycles. The van der Waals surface area contributed by atoms with Crippen molar-refractivity contribution >= 4 is 15.6 Å². The standard InChI is InChI=1S/C6H14O12P2/c7-4-3(1-16-19(10,11)12)18-6(9,5(4)8)2-17-20(13,14)15/h3-5,7-9H,1-2H2,(H2,10,11,12)(H2,13,14,15)/t3-,4+,5+,6-/m1/s1. The first-order chi connectivity index (χ1) is 8.84. The summed E-state index contributed by atoms with van der Waals surface area (Å²) in [6, 6.07) is 0. The number of aliphatic hydroxyl groups is 3. The van der Waals surface area contributed by atoms with Crippen molar-refractivity contribution in [2.45, 2.75) is 24.1 Å². The summed E-state index contributed by atoms with van der Waals surface area (Å²) >= 11 is 0. The number of phosphoric acid groups is 2. The second-order valence-corrected chi connectivity index (χ2v) is 6.47. The smallest absolute Gasteiger partial charge is 0.387 e. The summed E-state index contributed by atoms with van der Waals surface area (Å²) in [5.41, 5.74) is 0. The van der Waals surface area contributed by atoms with E-state index in [2.05, 4.69) is 13.8 Å². The van der Waals surface area contributed by atoms with E-state index in [1.54, 1.807) is 0 Å². The number of hydrogen-bond acceptors (Lipinski definition) is 8. The Labute approximate surface area is 112 Å². The Hall–Kier alpha value is 0.0600. The molecule has 1 rings (SSSR count). The van der Waals surface area contributed by atoms with E-state index in [1.165, 1.54) is 0 Å². The van der Waals surface area contributed by atoms with Crippen LogP contribution in [0.4, 0.5) is 0 Å². The summed E-state index contributed by atoms with van der Waals surface area (Å²) in [6.45, 7) is -2.05. The lowest BCUT2D eigenvalue weighted by Gasteiger charge is -2.25. The minimum atomic E-state index is -4.96. The molecular formula is C6H14O12P2. The van der Waals surface area contributed by atoms with Gasteiger partial charge in [-0.15, -0.1) is 0 Å². The predicted molar refractivity (Wildman–Crippen MR) is 57.8 cm³/mol. The van der Waals surface area contributed by atoms with Gasteiger partial charge in [-0.25, -0.2) is 9.13 Å². The summed E-state index contributed by atoms with van der Waals surface area (Å²) < 4.78 is 33.6. The molecule has 12 nitrogen and oxygen atoms in total. The Bertz CT molecular complexity index is 428. The zero-order valence-corrected chi connectivity index (χ0v) is 11.5. The molecular weight excluding hydrogens is 326 g/mol. The Morgan fingerprint density at radius 3 is 2.00 bits per heavy atom. The van der Waals surface area contributed by atoms with Crippen molar-refractivity contribution in [3.63, 3.8) is 0 Å². The van der Waals surface area contributed by atoms with Gasteiger partial charge >= 0.3 is 15.6 Å². The first-order valence-corrected chi connectivity index (χ1v) is 8.07. The molecule has 0 aromatic carbocycles. The van der Waals surface area contributed by atoms with Crippen molar-refractivity contribution in [3.8, 4) is 0 Å². The fourth-order valence-electron chi connectivity index (χ4n) is 1.47. The highest BCUT2D eigenvalue weighted by Crippen LogP contribution is 2.41. The van der Waals surface area contributed by atoms with Gasteiger partial charge < -0.3 is 39.6 Å². The van der Waals surface area contributed by atoms with Crippen molar-refractivity contribution in [1.29, 1.82) is 0 Å². The molecule has 14 heteroatoms. The number of phosphoric ester groups is 2. The van der Waals surface area contributed by atoms with Crippen molar-refractivity contribution in [3.05, 3.63) is 0 Å². The highest BCUT2D eigenvalue weighted by Gasteiger charge is 2.54. The van der Waals surface area contributed by atoms with Crippen LogP contribution in [0, 0.1) is 0 Å². The van der Waals surface area contributed by atoms with Crippen LogP contribution in [0.1, 0.15) is 0 Å². The highest BCUT2D eigenvalue weighted by molar-refractivity contribution is 7.46. The lowest BCUT2D eigenvalue weighted by Crippen LogP contribution is -2.46. The SMILES string of the molecule is O=P(O)(O)OC[C@H]1O[C@](O)(COP(=O)(O)O)[C@@H](O)[C@H]1O. The molecule has 1 heterocycles. The Kier molecular flexibility index (Phi) is 5.48. The largest absolute Gasteiger partial charge is 0.469 e. The van der Waals surface area contributed by atoms with E-state index in [-0.39, 0.29) is 0 Å². The minimum absolute atomic E-state index is 0.874. The van der Waals surface area contributed by atoms with Gasteiger partial charge in [0.1, 0.15) is 24.9 Å². The molecule has 1 aliphatic heterocycles. The van der Waals surface area contributed by atoms with Crippen molar-refractivity contribution in [2.24, 2.45) is 0 Å². The van der Waals surface area contributed by atoms with Crippen LogP contribution >= 0.6 is 15.6 Å². The lowest BCUT2D eigenvalue weighted by molar-refractivity contribution is -0.245. The van der Waals surface area contributed by atoms with E-state index in [0.29, 0.717) is 0 Å². The van der Waals surface area contributed by atoms with E-state index >= 15 is 0 Å². The summed E-state index contributed by atoms with van der Waals surface area (Å²) in [5.74, 6) is -2.66. The molecule has 20 heavy (non-hydrogen) atoms. The van der Waals surface area contributed by atoms with Gasteiger partial charge in [-0.3, -0.25) is 9.05 Å². The molecule has 0 aliphatic carbocycles. The molecule has 4 atom stereocenters. The van der Waals surface area contributed by atoms with Crippen LogP contribution in [0.2, 0.25) is 0 Å². The molecule has 0 saturated carbocycles. The molecule has 0 aromatic heterocycles. The van der Waals surface area contributed by atoms with Crippen LogP contribution in [-0.2, 0) is 22.9 Å². The zero-order valence-electron chi connectivity index (χ0n) is 9.71. The maximum Gasteiger partial charge on any atom is 0.469 e. The molecule has 0 bridgehead atoms. The third kappa shape index (κ3) is 5.11. The van der Waals surface area contributed by atoms with Crippen LogP contribution in [0.3, 0.4) is 0 Å². The molecule has 0 radical (unpaired) electrons. The summed E-state index contributed by atoms with van der Waals surface area (Å²) in [5, 5.41) is 28.8. The molecule has 120 valence electrons. The van der Waals surface area contributed by atoms with Gasteiger partial charge in [0.15, 0.2) is 0 Å². The molecule has 0 unspecified atom stereocenters. The number of hydrogen-bond donors (Lipinski definition) is 7. The minimum Gasteiger partial charge on any atom is -0.387 e.